The SMILES string of the molecule is CCn1cc(C(=O)NCC2SCCN2C(=O)c2ncsc2-c2cccc(F)c2)c(C)n1. The molecule has 2 aromatic heterocycles. The number of benzene rings is 1. The van der Waals surface area contributed by atoms with Gasteiger partial charge in [0.25, 0.3) is 11.8 Å². The van der Waals surface area contributed by atoms with E-state index in [1.165, 1.54) is 23.5 Å². The molecule has 10 heteroatoms. The van der Waals surface area contributed by atoms with Crippen LogP contribution in [0.5, 0.6) is 0 Å². The molecule has 1 N–H and O–H groups in total. The molecule has 1 saturated heterocycles. The van der Waals surface area contributed by atoms with E-state index in [0.717, 1.165) is 5.75 Å². The van der Waals surface area contributed by atoms with Crippen molar-refractivity contribution in [2.75, 3.05) is 18.8 Å². The van der Waals surface area contributed by atoms with Gasteiger partial charge in [0, 0.05) is 31.6 Å². The molecule has 2 amide bonds. The van der Waals surface area contributed by atoms with E-state index in [9.17, 15) is 14.0 Å². The lowest BCUT2D eigenvalue weighted by molar-refractivity contribution is 0.0747. The maximum Gasteiger partial charge on any atom is 0.274 e. The van der Waals surface area contributed by atoms with Crippen LogP contribution in [0.2, 0.25) is 0 Å². The van der Waals surface area contributed by atoms with Crippen molar-refractivity contribution in [2.45, 2.75) is 25.8 Å². The molecule has 162 valence electrons. The molecule has 1 fully saturated rings. The lowest BCUT2D eigenvalue weighted by atomic mass is 10.1. The molecule has 1 atom stereocenters. The predicted molar refractivity (Wildman–Crippen MR) is 120 cm³/mol. The summed E-state index contributed by atoms with van der Waals surface area (Å²) in [6.07, 6.45) is 1.73. The largest absolute Gasteiger partial charge is 0.349 e. The van der Waals surface area contributed by atoms with Crippen LogP contribution in [0.1, 0.15) is 33.5 Å². The van der Waals surface area contributed by atoms with Crippen LogP contribution in [0.4, 0.5) is 4.39 Å². The van der Waals surface area contributed by atoms with Crippen LogP contribution in [0.15, 0.2) is 36.0 Å². The third kappa shape index (κ3) is 4.49. The van der Waals surface area contributed by atoms with Gasteiger partial charge in [-0.1, -0.05) is 12.1 Å². The Balaban J connectivity index is 1.47. The quantitative estimate of drug-likeness (QED) is 0.611. The van der Waals surface area contributed by atoms with Crippen molar-refractivity contribution in [1.29, 1.82) is 0 Å². The van der Waals surface area contributed by atoms with Crippen LogP contribution in [0.25, 0.3) is 10.4 Å². The minimum absolute atomic E-state index is 0.194. The topological polar surface area (TPSA) is 80.1 Å². The average Bonchev–Trinajstić information content (AvgIpc) is 3.50. The second-order valence-corrected chi connectivity index (χ2v) is 9.20. The molecule has 3 aromatic rings. The first-order chi connectivity index (χ1) is 15.0. The molecule has 0 spiro atoms. The molecule has 7 nitrogen and oxygen atoms in total. The Hall–Kier alpha value is -2.72. The van der Waals surface area contributed by atoms with Crippen LogP contribution in [-0.2, 0) is 6.54 Å². The smallest absolute Gasteiger partial charge is 0.274 e. The summed E-state index contributed by atoms with van der Waals surface area (Å²) < 4.78 is 15.4. The Morgan fingerprint density at radius 1 is 1.35 bits per heavy atom. The first-order valence-corrected chi connectivity index (χ1v) is 11.8. The van der Waals surface area contributed by atoms with Crippen molar-refractivity contribution in [3.63, 3.8) is 0 Å². The molecule has 1 unspecified atom stereocenters. The standard InChI is InChI=1S/C21H22FN5O2S2/c1-3-26-11-16(13(2)25-26)20(28)23-10-17-27(7-8-30-17)21(29)18-19(31-12-24-18)14-5-4-6-15(22)9-14/h4-6,9,11-12,17H,3,7-8,10H2,1-2H3,(H,23,28). The molecule has 0 bridgehead atoms. The van der Waals surface area contributed by atoms with E-state index in [1.807, 2.05) is 6.92 Å². The van der Waals surface area contributed by atoms with Gasteiger partial charge in [0.05, 0.1) is 27.0 Å². The summed E-state index contributed by atoms with van der Waals surface area (Å²) in [5.74, 6) is 0.00709. The molecule has 0 radical (unpaired) electrons. The Morgan fingerprint density at radius 3 is 2.94 bits per heavy atom. The fraction of sp³-hybridized carbons (Fsp3) is 0.333. The Labute approximate surface area is 187 Å². The molecule has 3 heterocycles. The van der Waals surface area contributed by atoms with Crippen molar-refractivity contribution in [3.8, 4) is 10.4 Å². The van der Waals surface area contributed by atoms with Gasteiger partial charge < -0.3 is 10.2 Å². The molecule has 0 saturated carbocycles. The third-order valence-corrected chi connectivity index (χ3v) is 7.16. The van der Waals surface area contributed by atoms with Crippen LogP contribution >= 0.6 is 23.1 Å². The minimum atomic E-state index is -0.358. The van der Waals surface area contributed by atoms with Gasteiger partial charge in [0.15, 0.2) is 0 Å². The highest BCUT2D eigenvalue weighted by Crippen LogP contribution is 2.32. The van der Waals surface area contributed by atoms with E-state index in [2.05, 4.69) is 15.4 Å². The summed E-state index contributed by atoms with van der Waals surface area (Å²) in [6, 6.07) is 6.15. The molecule has 4 rings (SSSR count). The first kappa shape index (κ1) is 21.5. The summed E-state index contributed by atoms with van der Waals surface area (Å²) in [7, 11) is 0. The van der Waals surface area contributed by atoms with Crippen molar-refractivity contribution in [2.24, 2.45) is 0 Å². The van der Waals surface area contributed by atoms with Crippen LogP contribution in [0, 0.1) is 12.7 Å². The van der Waals surface area contributed by atoms with Crippen molar-refractivity contribution in [1.82, 2.24) is 25.0 Å². The van der Waals surface area contributed by atoms with Gasteiger partial charge in [-0.3, -0.25) is 14.3 Å². The van der Waals surface area contributed by atoms with E-state index in [-0.39, 0.29) is 23.0 Å². The monoisotopic (exact) mass is 459 g/mol. The number of amides is 2. The number of aromatic nitrogens is 3. The maximum atomic E-state index is 13.7. The van der Waals surface area contributed by atoms with Crippen molar-refractivity contribution < 1.29 is 14.0 Å². The maximum absolute atomic E-state index is 13.7. The van der Waals surface area contributed by atoms with E-state index in [4.69, 9.17) is 0 Å². The number of hydrogen-bond donors (Lipinski definition) is 1. The highest BCUT2D eigenvalue weighted by Gasteiger charge is 2.33. The number of thioether (sulfide) groups is 1. The molecular formula is C21H22FN5O2S2. The molecule has 31 heavy (non-hydrogen) atoms. The first-order valence-electron chi connectivity index (χ1n) is 9.92. The average molecular weight is 460 g/mol. The second kappa shape index (κ2) is 9.19. The zero-order valence-corrected chi connectivity index (χ0v) is 18.8. The number of carbonyl (C=O) groups excluding carboxylic acids is 2. The van der Waals surface area contributed by atoms with Gasteiger partial charge in [-0.25, -0.2) is 9.37 Å². The number of rotatable bonds is 6. The number of nitrogens with zero attached hydrogens (tertiary/aromatic N) is 4. The predicted octanol–water partition coefficient (Wildman–Crippen LogP) is 3.42. The van der Waals surface area contributed by atoms with Crippen LogP contribution in [0.3, 0.4) is 0 Å². The summed E-state index contributed by atoms with van der Waals surface area (Å²) in [5.41, 5.74) is 3.76. The zero-order chi connectivity index (χ0) is 22.0. The normalized spacial score (nSPS) is 16.0. The molecule has 0 aliphatic carbocycles. The van der Waals surface area contributed by atoms with E-state index in [1.54, 1.807) is 52.1 Å². The minimum Gasteiger partial charge on any atom is -0.349 e. The van der Waals surface area contributed by atoms with Gasteiger partial charge >= 0.3 is 0 Å². The second-order valence-electron chi connectivity index (χ2n) is 7.06. The van der Waals surface area contributed by atoms with Crippen molar-refractivity contribution >= 4 is 34.9 Å². The number of aryl methyl sites for hydroxylation is 2. The summed E-state index contributed by atoms with van der Waals surface area (Å²) >= 11 is 2.93. The molecule has 1 aromatic carbocycles. The summed E-state index contributed by atoms with van der Waals surface area (Å²) in [4.78, 5) is 32.5. The fourth-order valence-electron chi connectivity index (χ4n) is 3.47. The number of carbonyl (C=O) groups is 2. The number of halogens is 1. The molecule has 1 aliphatic rings. The van der Waals surface area contributed by atoms with Crippen LogP contribution < -0.4 is 5.32 Å². The summed E-state index contributed by atoms with van der Waals surface area (Å²) in [6.45, 7) is 5.35. The highest BCUT2D eigenvalue weighted by molar-refractivity contribution is 8.00. The highest BCUT2D eigenvalue weighted by atomic mass is 32.2. The van der Waals surface area contributed by atoms with Gasteiger partial charge in [-0.15, -0.1) is 23.1 Å². The van der Waals surface area contributed by atoms with Gasteiger partial charge in [0.2, 0.25) is 0 Å². The number of hydrogen-bond acceptors (Lipinski definition) is 6. The zero-order valence-electron chi connectivity index (χ0n) is 17.2. The Bertz CT molecular complexity index is 1110. The lowest BCUT2D eigenvalue weighted by Gasteiger charge is -2.23. The van der Waals surface area contributed by atoms with Gasteiger partial charge in [0.1, 0.15) is 11.5 Å². The lowest BCUT2D eigenvalue weighted by Crippen LogP contribution is -2.42. The fourth-order valence-corrected chi connectivity index (χ4v) is 5.40. The third-order valence-electron chi connectivity index (χ3n) is 5.06. The van der Waals surface area contributed by atoms with Gasteiger partial charge in [-0.05, 0) is 31.5 Å². The molecule has 1 aliphatic heterocycles. The van der Waals surface area contributed by atoms with Crippen LogP contribution in [-0.4, -0.2) is 55.7 Å². The molecular weight excluding hydrogens is 437 g/mol. The van der Waals surface area contributed by atoms with E-state index < -0.39 is 0 Å². The Kier molecular flexibility index (Phi) is 6.38. The van der Waals surface area contributed by atoms with E-state index in [0.29, 0.717) is 47.0 Å². The van der Waals surface area contributed by atoms with Gasteiger partial charge in [-0.2, -0.15) is 5.10 Å². The number of thiazole rings is 1. The Morgan fingerprint density at radius 2 is 2.19 bits per heavy atom. The van der Waals surface area contributed by atoms with E-state index >= 15 is 0 Å². The number of nitrogens with one attached hydrogen (secondary N) is 1. The summed E-state index contributed by atoms with van der Waals surface area (Å²) in [5, 5.41) is 7.04. The van der Waals surface area contributed by atoms with Crippen molar-refractivity contribution in [3.05, 3.63) is 58.7 Å².